The molecule has 0 bridgehead atoms. The van der Waals surface area contributed by atoms with Crippen LogP contribution in [0.2, 0.25) is 0 Å². The molecule has 3 amide bonds. The van der Waals surface area contributed by atoms with Crippen molar-refractivity contribution >= 4 is 36.3 Å². The van der Waals surface area contributed by atoms with E-state index < -0.39 is 47.9 Å². The van der Waals surface area contributed by atoms with E-state index in [1.165, 1.54) is 13.8 Å². The fourth-order valence-electron chi connectivity index (χ4n) is 2.20. The second kappa shape index (κ2) is 11.3. The van der Waals surface area contributed by atoms with E-state index in [0.717, 1.165) is 5.56 Å². The Balaban J connectivity index is 2.83. The molecule has 0 aliphatic heterocycles. The monoisotopic (exact) mass is 410 g/mol. The molecule has 1 aromatic rings. The predicted molar refractivity (Wildman–Crippen MR) is 107 cm³/mol. The van der Waals surface area contributed by atoms with E-state index in [2.05, 4.69) is 28.6 Å². The van der Waals surface area contributed by atoms with Crippen molar-refractivity contribution < 1.29 is 24.3 Å². The number of benzene rings is 1. The Bertz CT molecular complexity index is 700. The maximum absolute atomic E-state index is 12.6. The molecule has 4 unspecified atom stereocenters. The molecule has 0 saturated heterocycles. The lowest BCUT2D eigenvalue weighted by atomic mass is 10.0. The zero-order valence-corrected chi connectivity index (χ0v) is 16.6. The van der Waals surface area contributed by atoms with Crippen LogP contribution in [0.5, 0.6) is 0 Å². The first-order valence-electron chi connectivity index (χ1n) is 8.70. The average molecular weight is 410 g/mol. The van der Waals surface area contributed by atoms with E-state index in [1.54, 1.807) is 24.3 Å². The number of carboxylic acids is 1. The van der Waals surface area contributed by atoms with Crippen molar-refractivity contribution in [3.8, 4) is 0 Å². The van der Waals surface area contributed by atoms with Gasteiger partial charge in [-0.05, 0) is 19.4 Å². The molecular weight excluding hydrogens is 384 g/mol. The summed E-state index contributed by atoms with van der Waals surface area (Å²) in [6.45, 7) is 2.73. The molecule has 0 fully saturated rings. The van der Waals surface area contributed by atoms with E-state index in [0.29, 0.717) is 0 Å². The minimum atomic E-state index is -1.19. The Labute approximate surface area is 168 Å². The quantitative estimate of drug-likeness (QED) is 0.274. The van der Waals surface area contributed by atoms with Crippen LogP contribution in [0.4, 0.5) is 0 Å². The first kappa shape index (κ1) is 23.4. The van der Waals surface area contributed by atoms with Gasteiger partial charge in [-0.15, -0.1) is 0 Å². The molecule has 0 heterocycles. The molecule has 0 aliphatic carbocycles. The highest BCUT2D eigenvalue weighted by molar-refractivity contribution is 7.80. The minimum Gasteiger partial charge on any atom is -0.480 e. The molecule has 1 aromatic carbocycles. The highest BCUT2D eigenvalue weighted by Gasteiger charge is 2.27. The summed E-state index contributed by atoms with van der Waals surface area (Å²) in [5.74, 6) is -2.86. The number of carbonyl (C=O) groups excluding carboxylic acids is 3. The van der Waals surface area contributed by atoms with Gasteiger partial charge < -0.3 is 26.8 Å². The molecule has 6 N–H and O–H groups in total. The van der Waals surface area contributed by atoms with Gasteiger partial charge in [-0.2, -0.15) is 12.6 Å². The zero-order valence-electron chi connectivity index (χ0n) is 15.7. The second-order valence-corrected chi connectivity index (χ2v) is 6.70. The number of thiol groups is 1. The molecule has 0 radical (unpaired) electrons. The number of carboxylic acid groups (broad SMARTS) is 1. The molecule has 28 heavy (non-hydrogen) atoms. The Morgan fingerprint density at radius 1 is 0.964 bits per heavy atom. The maximum atomic E-state index is 12.6. The zero-order chi connectivity index (χ0) is 21.3. The van der Waals surface area contributed by atoms with Crippen molar-refractivity contribution in [1.29, 1.82) is 0 Å². The number of nitrogens with two attached hydrogens (primary N) is 1. The number of rotatable bonds is 10. The van der Waals surface area contributed by atoms with Crippen LogP contribution in [0.3, 0.4) is 0 Å². The number of nitrogens with one attached hydrogen (secondary N) is 3. The summed E-state index contributed by atoms with van der Waals surface area (Å²) in [6, 6.07) is 5.08. The van der Waals surface area contributed by atoms with Crippen LogP contribution in [0.25, 0.3) is 0 Å². The molecule has 10 heteroatoms. The van der Waals surface area contributed by atoms with E-state index in [1.807, 2.05) is 6.07 Å². The van der Waals surface area contributed by atoms with Gasteiger partial charge in [-0.25, -0.2) is 0 Å². The Morgan fingerprint density at radius 3 is 2.07 bits per heavy atom. The van der Waals surface area contributed by atoms with Crippen molar-refractivity contribution in [3.05, 3.63) is 35.9 Å². The molecule has 0 saturated carbocycles. The van der Waals surface area contributed by atoms with Crippen LogP contribution in [0, 0.1) is 0 Å². The van der Waals surface area contributed by atoms with Crippen LogP contribution >= 0.6 is 12.6 Å². The number of hydrogen-bond acceptors (Lipinski definition) is 6. The van der Waals surface area contributed by atoms with Gasteiger partial charge in [0.1, 0.15) is 18.1 Å². The Hall–Kier alpha value is -2.59. The van der Waals surface area contributed by atoms with Crippen LogP contribution in [0.1, 0.15) is 19.4 Å². The third kappa shape index (κ3) is 7.57. The fraction of sp³-hybridized carbons (Fsp3) is 0.444. The summed E-state index contributed by atoms with van der Waals surface area (Å²) in [5, 5.41) is 16.2. The summed E-state index contributed by atoms with van der Waals surface area (Å²) in [6.07, 6.45) is 0.192. The first-order chi connectivity index (χ1) is 13.1. The first-order valence-corrected chi connectivity index (χ1v) is 9.33. The fourth-order valence-corrected chi connectivity index (χ4v) is 2.37. The lowest BCUT2D eigenvalue weighted by molar-refractivity contribution is -0.141. The average Bonchev–Trinajstić information content (AvgIpc) is 2.67. The number of carbonyl (C=O) groups is 4. The Morgan fingerprint density at radius 2 is 1.54 bits per heavy atom. The molecule has 0 aliphatic rings. The Kier molecular flexibility index (Phi) is 9.46. The largest absolute Gasteiger partial charge is 0.480 e. The standard InChI is InChI=1S/C18H26N4O5S/c1-10(15(23)21-11(2)18(26)27)20-17(25)14(22-16(24)13(19)9-28)8-12-6-4-3-5-7-12/h3-7,10-11,13-14,28H,8-9,19H2,1-2H3,(H,20,25)(H,21,23)(H,22,24)(H,26,27). The van der Waals surface area contributed by atoms with Crippen LogP contribution in [-0.4, -0.2) is 58.7 Å². The van der Waals surface area contributed by atoms with Gasteiger partial charge in [-0.3, -0.25) is 19.2 Å². The molecule has 154 valence electrons. The molecule has 1 rings (SSSR count). The topological polar surface area (TPSA) is 151 Å². The van der Waals surface area contributed by atoms with Gasteiger partial charge in [0.05, 0.1) is 6.04 Å². The number of hydrogen-bond donors (Lipinski definition) is 6. The highest BCUT2D eigenvalue weighted by Crippen LogP contribution is 2.05. The summed E-state index contributed by atoms with van der Waals surface area (Å²) in [7, 11) is 0. The van der Waals surface area contributed by atoms with Crippen LogP contribution in [0.15, 0.2) is 30.3 Å². The lowest BCUT2D eigenvalue weighted by Crippen LogP contribution is -2.56. The summed E-state index contributed by atoms with van der Waals surface area (Å²) < 4.78 is 0. The predicted octanol–water partition coefficient (Wildman–Crippen LogP) is -0.935. The second-order valence-electron chi connectivity index (χ2n) is 6.34. The van der Waals surface area contributed by atoms with Crippen LogP contribution < -0.4 is 21.7 Å². The molecular formula is C18H26N4O5S. The highest BCUT2D eigenvalue weighted by atomic mass is 32.1. The van der Waals surface area contributed by atoms with Crippen molar-refractivity contribution in [2.45, 2.75) is 44.4 Å². The van der Waals surface area contributed by atoms with Gasteiger partial charge in [-0.1, -0.05) is 30.3 Å². The van der Waals surface area contributed by atoms with Gasteiger partial charge in [0.2, 0.25) is 17.7 Å². The van der Waals surface area contributed by atoms with Gasteiger partial charge in [0.25, 0.3) is 0 Å². The van der Waals surface area contributed by atoms with Crippen molar-refractivity contribution in [2.24, 2.45) is 5.73 Å². The minimum absolute atomic E-state index is 0.109. The number of aliphatic carboxylic acids is 1. The van der Waals surface area contributed by atoms with Crippen molar-refractivity contribution in [1.82, 2.24) is 16.0 Å². The van der Waals surface area contributed by atoms with E-state index >= 15 is 0 Å². The van der Waals surface area contributed by atoms with Crippen molar-refractivity contribution in [2.75, 3.05) is 5.75 Å². The molecule has 9 nitrogen and oxygen atoms in total. The smallest absolute Gasteiger partial charge is 0.325 e. The molecule has 0 aromatic heterocycles. The van der Waals surface area contributed by atoms with Crippen LogP contribution in [-0.2, 0) is 25.6 Å². The van der Waals surface area contributed by atoms with Gasteiger partial charge in [0, 0.05) is 12.2 Å². The molecule has 4 atom stereocenters. The number of amides is 3. The SMILES string of the molecule is CC(NC(=O)C(C)NC(=O)C(Cc1ccccc1)NC(=O)C(N)CS)C(=O)O. The van der Waals surface area contributed by atoms with Gasteiger partial charge in [0.15, 0.2) is 0 Å². The normalized spacial score (nSPS) is 14.9. The molecule has 0 spiro atoms. The van der Waals surface area contributed by atoms with E-state index in [4.69, 9.17) is 10.8 Å². The van der Waals surface area contributed by atoms with E-state index in [-0.39, 0.29) is 12.2 Å². The lowest BCUT2D eigenvalue weighted by Gasteiger charge is -2.23. The third-order valence-corrected chi connectivity index (χ3v) is 4.32. The third-order valence-electron chi connectivity index (χ3n) is 3.93. The van der Waals surface area contributed by atoms with E-state index in [9.17, 15) is 19.2 Å². The summed E-state index contributed by atoms with van der Waals surface area (Å²) in [5.41, 5.74) is 6.46. The van der Waals surface area contributed by atoms with Gasteiger partial charge >= 0.3 is 5.97 Å². The maximum Gasteiger partial charge on any atom is 0.325 e. The van der Waals surface area contributed by atoms with Crippen molar-refractivity contribution in [3.63, 3.8) is 0 Å². The summed E-state index contributed by atoms with van der Waals surface area (Å²) >= 11 is 3.97. The summed E-state index contributed by atoms with van der Waals surface area (Å²) in [4.78, 5) is 47.6.